The van der Waals surface area contributed by atoms with Crippen molar-refractivity contribution in [3.63, 3.8) is 0 Å². The number of rotatable bonds is 10. The number of hydrogen-bond acceptors (Lipinski definition) is 7. The molecule has 0 saturated heterocycles. The number of halogens is 1. The van der Waals surface area contributed by atoms with Gasteiger partial charge in [-0.2, -0.15) is 4.31 Å². The number of carbonyl (C=O) groups excluding carboxylic acids is 2. The SMILES string of the molecule is COC(=O)CN(Cc1[nH]c(=O)c(Br)c(CCc2ccccc2)c1C(=O)OC)S(=O)(=O)c1ccc(C)cc1. The van der Waals surface area contributed by atoms with Gasteiger partial charge < -0.3 is 14.5 Å². The quantitative estimate of drug-likeness (QED) is 0.359. The average molecular weight is 591 g/mol. The molecule has 0 spiro atoms. The molecule has 0 atom stereocenters. The van der Waals surface area contributed by atoms with Crippen molar-refractivity contribution in [2.24, 2.45) is 0 Å². The van der Waals surface area contributed by atoms with Gasteiger partial charge in [0.1, 0.15) is 6.54 Å². The summed E-state index contributed by atoms with van der Waals surface area (Å²) in [6, 6.07) is 15.6. The summed E-state index contributed by atoms with van der Waals surface area (Å²) < 4.78 is 37.7. The summed E-state index contributed by atoms with van der Waals surface area (Å²) in [4.78, 5) is 40.5. The van der Waals surface area contributed by atoms with Crippen LogP contribution in [0.1, 0.15) is 32.7 Å². The molecule has 196 valence electrons. The third-order valence-electron chi connectivity index (χ3n) is 5.75. The zero-order valence-electron chi connectivity index (χ0n) is 20.6. The summed E-state index contributed by atoms with van der Waals surface area (Å²) in [7, 11) is -1.88. The number of esters is 2. The van der Waals surface area contributed by atoms with Gasteiger partial charge in [0.2, 0.25) is 10.0 Å². The van der Waals surface area contributed by atoms with Gasteiger partial charge in [-0.05, 0) is 59.0 Å². The molecule has 0 aliphatic heterocycles. The van der Waals surface area contributed by atoms with Crippen LogP contribution in [0.25, 0.3) is 0 Å². The monoisotopic (exact) mass is 590 g/mol. The number of benzene rings is 2. The van der Waals surface area contributed by atoms with E-state index in [2.05, 4.69) is 20.9 Å². The standard InChI is InChI=1S/C26H27BrN2O7S/c1-17-9-12-19(13-10-17)37(33,34)29(16-22(30)35-2)15-21-23(26(32)36-3)20(24(27)25(31)28-21)14-11-18-7-5-4-6-8-18/h4-10,12-13H,11,14-16H2,1-3H3,(H,28,31). The molecule has 0 aliphatic rings. The van der Waals surface area contributed by atoms with Gasteiger partial charge in [-0.15, -0.1) is 0 Å². The molecule has 0 aliphatic carbocycles. The van der Waals surface area contributed by atoms with Gasteiger partial charge in [0, 0.05) is 5.69 Å². The van der Waals surface area contributed by atoms with Crippen LogP contribution in [0.3, 0.4) is 0 Å². The fourth-order valence-electron chi connectivity index (χ4n) is 3.77. The summed E-state index contributed by atoms with van der Waals surface area (Å²) in [5, 5.41) is 0. The molecule has 1 N–H and O–H groups in total. The van der Waals surface area contributed by atoms with E-state index in [-0.39, 0.29) is 20.6 Å². The first-order chi connectivity index (χ1) is 17.6. The smallest absolute Gasteiger partial charge is 0.340 e. The summed E-state index contributed by atoms with van der Waals surface area (Å²) in [6.45, 7) is 0.705. The highest BCUT2D eigenvalue weighted by Gasteiger charge is 2.31. The molecule has 0 saturated carbocycles. The average Bonchev–Trinajstić information content (AvgIpc) is 2.89. The number of nitrogens with one attached hydrogen (secondary N) is 1. The summed E-state index contributed by atoms with van der Waals surface area (Å²) in [5.74, 6) is -1.56. The molecule has 11 heteroatoms. The van der Waals surface area contributed by atoms with E-state index in [4.69, 9.17) is 9.47 Å². The number of pyridine rings is 1. The zero-order valence-corrected chi connectivity index (χ0v) is 23.0. The number of methoxy groups -OCH3 is 2. The number of ether oxygens (including phenoxy) is 2. The maximum atomic E-state index is 13.5. The van der Waals surface area contributed by atoms with Crippen molar-refractivity contribution in [2.45, 2.75) is 31.2 Å². The Morgan fingerprint density at radius 1 is 0.973 bits per heavy atom. The molecule has 0 fully saturated rings. The third-order valence-corrected chi connectivity index (χ3v) is 8.40. The molecule has 0 unspecified atom stereocenters. The molecule has 2 aromatic carbocycles. The maximum Gasteiger partial charge on any atom is 0.340 e. The van der Waals surface area contributed by atoms with Crippen molar-refractivity contribution in [2.75, 3.05) is 20.8 Å². The molecular formula is C26H27BrN2O7S. The third kappa shape index (κ3) is 6.73. The Kier molecular flexibility index (Phi) is 9.41. The number of hydrogen-bond donors (Lipinski definition) is 1. The van der Waals surface area contributed by atoms with Gasteiger partial charge >= 0.3 is 11.9 Å². The van der Waals surface area contributed by atoms with Crippen LogP contribution in [0.5, 0.6) is 0 Å². The molecule has 0 amide bonds. The van der Waals surface area contributed by atoms with E-state index in [1.54, 1.807) is 12.1 Å². The number of aryl methyl sites for hydroxylation is 2. The van der Waals surface area contributed by atoms with Crippen molar-refractivity contribution >= 4 is 37.9 Å². The largest absolute Gasteiger partial charge is 0.468 e. The molecule has 3 rings (SSSR count). The molecule has 0 radical (unpaired) electrons. The number of aromatic amines is 1. The van der Waals surface area contributed by atoms with E-state index in [1.807, 2.05) is 37.3 Å². The second-order valence-corrected chi connectivity index (χ2v) is 11.0. The zero-order chi connectivity index (χ0) is 27.2. The van der Waals surface area contributed by atoms with Gasteiger partial charge in [-0.25, -0.2) is 13.2 Å². The minimum atomic E-state index is -4.21. The lowest BCUT2D eigenvalue weighted by molar-refractivity contribution is -0.140. The molecular weight excluding hydrogens is 564 g/mol. The van der Waals surface area contributed by atoms with Gasteiger partial charge in [-0.1, -0.05) is 48.0 Å². The van der Waals surface area contributed by atoms with E-state index in [1.165, 1.54) is 19.2 Å². The molecule has 3 aromatic rings. The Bertz CT molecular complexity index is 1440. The van der Waals surface area contributed by atoms with Crippen LogP contribution in [0.4, 0.5) is 0 Å². The lowest BCUT2D eigenvalue weighted by Gasteiger charge is -2.23. The first kappa shape index (κ1) is 28.3. The van der Waals surface area contributed by atoms with Crippen molar-refractivity contribution in [3.05, 3.63) is 97.4 Å². The van der Waals surface area contributed by atoms with Gasteiger partial charge in [0.15, 0.2) is 0 Å². The van der Waals surface area contributed by atoms with Crippen LogP contribution in [-0.4, -0.2) is 50.4 Å². The second-order valence-electron chi connectivity index (χ2n) is 8.24. The second kappa shape index (κ2) is 12.3. The van der Waals surface area contributed by atoms with Crippen LogP contribution < -0.4 is 5.56 Å². The molecule has 9 nitrogen and oxygen atoms in total. The predicted molar refractivity (Wildman–Crippen MR) is 141 cm³/mol. The van der Waals surface area contributed by atoms with Crippen LogP contribution in [0.2, 0.25) is 0 Å². The van der Waals surface area contributed by atoms with Crippen molar-refractivity contribution in [3.8, 4) is 0 Å². The van der Waals surface area contributed by atoms with E-state index in [0.717, 1.165) is 22.5 Å². The van der Waals surface area contributed by atoms with Gasteiger partial charge in [-0.3, -0.25) is 9.59 Å². The lowest BCUT2D eigenvalue weighted by atomic mass is 9.99. The molecule has 1 heterocycles. The van der Waals surface area contributed by atoms with E-state index in [0.29, 0.717) is 18.4 Å². The van der Waals surface area contributed by atoms with Gasteiger partial charge in [0.05, 0.1) is 35.7 Å². The topological polar surface area (TPSA) is 123 Å². The van der Waals surface area contributed by atoms with Crippen molar-refractivity contribution in [1.82, 2.24) is 9.29 Å². The summed E-state index contributed by atoms with van der Waals surface area (Å²) in [6.07, 6.45) is 0.813. The maximum absolute atomic E-state index is 13.5. The molecule has 0 bridgehead atoms. The minimum absolute atomic E-state index is 0.00250. The van der Waals surface area contributed by atoms with Crippen LogP contribution >= 0.6 is 15.9 Å². The predicted octanol–water partition coefficient (Wildman–Crippen LogP) is 3.38. The van der Waals surface area contributed by atoms with Gasteiger partial charge in [0.25, 0.3) is 5.56 Å². The van der Waals surface area contributed by atoms with E-state index < -0.39 is 40.6 Å². The molecule has 1 aromatic heterocycles. The number of sulfonamides is 1. The Balaban J connectivity index is 2.11. The Labute approximate surface area is 223 Å². The fraction of sp³-hybridized carbons (Fsp3) is 0.269. The van der Waals surface area contributed by atoms with Crippen LogP contribution in [0.15, 0.2) is 68.8 Å². The Morgan fingerprint density at radius 3 is 2.22 bits per heavy atom. The summed E-state index contributed by atoms with van der Waals surface area (Å²) >= 11 is 3.28. The summed E-state index contributed by atoms with van der Waals surface area (Å²) in [5.41, 5.74) is 1.70. The lowest BCUT2D eigenvalue weighted by Crippen LogP contribution is -2.37. The minimum Gasteiger partial charge on any atom is -0.468 e. The van der Waals surface area contributed by atoms with Crippen molar-refractivity contribution < 1.29 is 27.5 Å². The first-order valence-corrected chi connectivity index (χ1v) is 13.5. The van der Waals surface area contributed by atoms with E-state index in [9.17, 15) is 22.8 Å². The van der Waals surface area contributed by atoms with Crippen LogP contribution in [-0.2, 0) is 43.7 Å². The number of aromatic nitrogens is 1. The highest BCUT2D eigenvalue weighted by molar-refractivity contribution is 9.10. The fourth-order valence-corrected chi connectivity index (χ4v) is 5.62. The number of nitrogens with zero attached hydrogens (tertiary/aromatic N) is 1. The highest BCUT2D eigenvalue weighted by Crippen LogP contribution is 2.26. The van der Waals surface area contributed by atoms with Crippen LogP contribution in [0, 0.1) is 6.92 Å². The first-order valence-electron chi connectivity index (χ1n) is 11.3. The van der Waals surface area contributed by atoms with Crippen molar-refractivity contribution in [1.29, 1.82) is 0 Å². The Hall–Kier alpha value is -3.28. The van der Waals surface area contributed by atoms with E-state index >= 15 is 0 Å². The highest BCUT2D eigenvalue weighted by atomic mass is 79.9. The Morgan fingerprint density at radius 2 is 1.62 bits per heavy atom. The number of carbonyl (C=O) groups is 2. The molecule has 37 heavy (non-hydrogen) atoms. The number of H-pyrrole nitrogens is 1. The normalized spacial score (nSPS) is 11.4.